The molecule has 1 aromatic rings. The number of benzene rings is 1. The molecule has 0 aliphatic carbocycles. The van der Waals surface area contributed by atoms with E-state index in [-0.39, 0.29) is 30.7 Å². The van der Waals surface area contributed by atoms with Crippen LogP contribution in [0.2, 0.25) is 0 Å². The summed E-state index contributed by atoms with van der Waals surface area (Å²) in [7, 11) is 0. The number of hydrogen-bond donors (Lipinski definition) is 1. The zero-order valence-corrected chi connectivity index (χ0v) is 13.4. The Balaban J connectivity index is 2.04. The molecule has 0 amide bonds. The van der Waals surface area contributed by atoms with E-state index in [1.807, 2.05) is 30.3 Å². The highest BCUT2D eigenvalue weighted by Gasteiger charge is 2.42. The Labute approximate surface area is 132 Å². The third kappa shape index (κ3) is 4.17. The van der Waals surface area contributed by atoms with Gasteiger partial charge in [0, 0.05) is 0 Å². The second-order valence-electron chi connectivity index (χ2n) is 5.83. The molecule has 0 aromatic heterocycles. The monoisotopic (exact) mass is 306 g/mol. The summed E-state index contributed by atoms with van der Waals surface area (Å²) in [6.45, 7) is 8.77. The van der Waals surface area contributed by atoms with Crippen LogP contribution in [-0.2, 0) is 20.8 Å². The summed E-state index contributed by atoms with van der Waals surface area (Å²) >= 11 is 0. The van der Waals surface area contributed by atoms with Crippen molar-refractivity contribution in [3.05, 3.63) is 48.6 Å². The summed E-state index contributed by atoms with van der Waals surface area (Å²) in [5.74, 6) is 0.429. The first-order valence-electron chi connectivity index (χ1n) is 7.81. The first-order valence-corrected chi connectivity index (χ1v) is 7.81. The van der Waals surface area contributed by atoms with E-state index < -0.39 is 6.29 Å². The summed E-state index contributed by atoms with van der Waals surface area (Å²) in [6.07, 6.45) is 0.818. The van der Waals surface area contributed by atoms with Crippen molar-refractivity contribution in [3.8, 4) is 0 Å². The third-order valence-electron chi connectivity index (χ3n) is 4.35. The van der Waals surface area contributed by atoms with Crippen LogP contribution in [0, 0.1) is 11.8 Å². The number of hydrogen-bond acceptors (Lipinski definition) is 4. The summed E-state index contributed by atoms with van der Waals surface area (Å²) in [6, 6.07) is 10.0. The van der Waals surface area contributed by atoms with Crippen molar-refractivity contribution in [3.63, 3.8) is 0 Å². The molecule has 1 heterocycles. The van der Waals surface area contributed by atoms with Crippen molar-refractivity contribution in [1.82, 2.24) is 0 Å². The van der Waals surface area contributed by atoms with Crippen LogP contribution in [0.15, 0.2) is 43.0 Å². The van der Waals surface area contributed by atoms with Gasteiger partial charge in [0.1, 0.15) is 6.10 Å². The lowest BCUT2D eigenvalue weighted by molar-refractivity contribution is -0.283. The van der Waals surface area contributed by atoms with Crippen molar-refractivity contribution in [2.45, 2.75) is 39.0 Å². The summed E-state index contributed by atoms with van der Waals surface area (Å²) in [5.41, 5.74) is 1.12. The quantitative estimate of drug-likeness (QED) is 0.787. The minimum absolute atomic E-state index is 0.00907. The van der Waals surface area contributed by atoms with E-state index >= 15 is 0 Å². The summed E-state index contributed by atoms with van der Waals surface area (Å²) < 4.78 is 17.7. The smallest absolute Gasteiger partial charge is 0.184 e. The van der Waals surface area contributed by atoms with E-state index in [9.17, 15) is 5.11 Å². The fraction of sp³-hybridized carbons (Fsp3) is 0.556. The van der Waals surface area contributed by atoms with Gasteiger partial charge < -0.3 is 19.3 Å². The van der Waals surface area contributed by atoms with E-state index in [0.29, 0.717) is 13.2 Å². The molecule has 0 spiro atoms. The molecular weight excluding hydrogens is 280 g/mol. The standard InChI is InChI=1S/C18H26O4/c1-4-10-20-18-17(14(3)13(2)16(11-19)22-18)21-12-15-8-6-5-7-9-15/h4-9,13-14,16-19H,1,10-12H2,2-3H3/t13-,14-,16+,17+,18-/m0/s1. The third-order valence-corrected chi connectivity index (χ3v) is 4.35. The van der Waals surface area contributed by atoms with Gasteiger partial charge >= 0.3 is 0 Å². The fourth-order valence-electron chi connectivity index (χ4n) is 2.76. The molecule has 5 atom stereocenters. The molecule has 4 heteroatoms. The maximum absolute atomic E-state index is 9.48. The van der Waals surface area contributed by atoms with Crippen LogP contribution in [0.1, 0.15) is 19.4 Å². The summed E-state index contributed by atoms with van der Waals surface area (Å²) in [5, 5.41) is 9.48. The Kier molecular flexibility index (Phi) is 6.58. The minimum atomic E-state index is -0.481. The number of aliphatic hydroxyl groups is 1. The van der Waals surface area contributed by atoms with Crippen molar-refractivity contribution in [2.75, 3.05) is 13.2 Å². The van der Waals surface area contributed by atoms with Crippen molar-refractivity contribution >= 4 is 0 Å². The second-order valence-corrected chi connectivity index (χ2v) is 5.83. The van der Waals surface area contributed by atoms with E-state index in [4.69, 9.17) is 14.2 Å². The van der Waals surface area contributed by atoms with Gasteiger partial charge in [-0.3, -0.25) is 0 Å². The average molecular weight is 306 g/mol. The molecule has 0 saturated carbocycles. The zero-order chi connectivity index (χ0) is 15.9. The van der Waals surface area contributed by atoms with Crippen molar-refractivity contribution < 1.29 is 19.3 Å². The minimum Gasteiger partial charge on any atom is -0.394 e. The number of rotatable bonds is 7. The number of ether oxygens (including phenoxy) is 3. The van der Waals surface area contributed by atoms with Crippen LogP contribution in [0.25, 0.3) is 0 Å². The molecule has 4 nitrogen and oxygen atoms in total. The van der Waals surface area contributed by atoms with Crippen molar-refractivity contribution in [1.29, 1.82) is 0 Å². The Morgan fingerprint density at radius 1 is 1.18 bits per heavy atom. The Hall–Kier alpha value is -1.20. The molecule has 1 fully saturated rings. The average Bonchev–Trinajstić information content (AvgIpc) is 2.56. The molecular formula is C18H26O4. The molecule has 0 bridgehead atoms. The van der Waals surface area contributed by atoms with E-state index in [1.54, 1.807) is 6.08 Å². The Bertz CT molecular complexity index is 448. The van der Waals surface area contributed by atoms with Crippen LogP contribution >= 0.6 is 0 Å². The predicted molar refractivity (Wildman–Crippen MR) is 85.2 cm³/mol. The van der Waals surface area contributed by atoms with E-state index in [2.05, 4.69) is 20.4 Å². The molecule has 1 aromatic carbocycles. The zero-order valence-electron chi connectivity index (χ0n) is 13.4. The molecule has 1 saturated heterocycles. The molecule has 1 aliphatic heterocycles. The normalized spacial score (nSPS) is 31.9. The lowest BCUT2D eigenvalue weighted by Gasteiger charge is -2.43. The Morgan fingerprint density at radius 3 is 2.55 bits per heavy atom. The van der Waals surface area contributed by atoms with Gasteiger partial charge in [-0.05, 0) is 17.4 Å². The second kappa shape index (κ2) is 8.44. The van der Waals surface area contributed by atoms with Crippen LogP contribution in [-0.4, -0.2) is 36.8 Å². The highest BCUT2D eigenvalue weighted by molar-refractivity contribution is 5.13. The van der Waals surface area contributed by atoms with Gasteiger partial charge in [-0.25, -0.2) is 0 Å². The molecule has 2 rings (SSSR count). The van der Waals surface area contributed by atoms with Gasteiger partial charge in [0.25, 0.3) is 0 Å². The van der Waals surface area contributed by atoms with Crippen LogP contribution in [0.5, 0.6) is 0 Å². The van der Waals surface area contributed by atoms with E-state index in [1.165, 1.54) is 0 Å². The van der Waals surface area contributed by atoms with E-state index in [0.717, 1.165) is 5.56 Å². The van der Waals surface area contributed by atoms with Crippen molar-refractivity contribution in [2.24, 2.45) is 11.8 Å². The first-order chi connectivity index (χ1) is 10.7. The predicted octanol–water partition coefficient (Wildman–Crippen LogP) is 2.76. The van der Waals surface area contributed by atoms with Gasteiger partial charge in [-0.15, -0.1) is 6.58 Å². The highest BCUT2D eigenvalue weighted by atomic mass is 16.7. The molecule has 122 valence electrons. The van der Waals surface area contributed by atoms with Gasteiger partial charge in [0.15, 0.2) is 6.29 Å². The van der Waals surface area contributed by atoms with Crippen LogP contribution in [0.4, 0.5) is 0 Å². The SMILES string of the molecule is C=CCO[C@H]1O[C@H](CO)[C@@H](C)[C@H](C)[C@H]1OCc1ccccc1. The molecule has 1 N–H and O–H groups in total. The first kappa shape index (κ1) is 17.2. The van der Waals surface area contributed by atoms with Gasteiger partial charge in [0.2, 0.25) is 0 Å². The van der Waals surface area contributed by atoms with Crippen LogP contribution < -0.4 is 0 Å². The highest BCUT2D eigenvalue weighted by Crippen LogP contribution is 2.33. The Morgan fingerprint density at radius 2 is 1.91 bits per heavy atom. The topological polar surface area (TPSA) is 47.9 Å². The lowest BCUT2D eigenvalue weighted by Crippen LogP contribution is -2.52. The van der Waals surface area contributed by atoms with Gasteiger partial charge in [0.05, 0.1) is 25.9 Å². The lowest BCUT2D eigenvalue weighted by atomic mass is 9.83. The maximum atomic E-state index is 9.48. The van der Waals surface area contributed by atoms with Gasteiger partial charge in [-0.1, -0.05) is 50.3 Å². The fourth-order valence-corrected chi connectivity index (χ4v) is 2.76. The molecule has 0 radical (unpaired) electrons. The molecule has 0 unspecified atom stereocenters. The maximum Gasteiger partial charge on any atom is 0.184 e. The van der Waals surface area contributed by atoms with Gasteiger partial charge in [-0.2, -0.15) is 0 Å². The summed E-state index contributed by atoms with van der Waals surface area (Å²) in [4.78, 5) is 0. The van der Waals surface area contributed by atoms with Crippen LogP contribution in [0.3, 0.4) is 0 Å². The number of aliphatic hydroxyl groups excluding tert-OH is 1. The molecule has 22 heavy (non-hydrogen) atoms. The largest absolute Gasteiger partial charge is 0.394 e. The molecule has 1 aliphatic rings.